The summed E-state index contributed by atoms with van der Waals surface area (Å²) in [4.78, 5) is 0. The van der Waals surface area contributed by atoms with Gasteiger partial charge in [-0.2, -0.15) is 30.6 Å². The Labute approximate surface area is 149 Å². The Kier molecular flexibility index (Phi) is 6.35. The summed E-state index contributed by atoms with van der Waals surface area (Å²) in [5.74, 6) is -2.16. The van der Waals surface area contributed by atoms with E-state index in [1.54, 1.807) is 0 Å². The van der Waals surface area contributed by atoms with Crippen molar-refractivity contribution in [2.45, 2.75) is 44.4 Å². The summed E-state index contributed by atoms with van der Waals surface area (Å²) in [6.07, 6.45) is -4.00. The number of rotatable bonds is 5. The van der Waals surface area contributed by atoms with Gasteiger partial charge in [0, 0.05) is 30.2 Å². The van der Waals surface area contributed by atoms with Gasteiger partial charge in [-0.05, 0) is 31.4 Å². The molecule has 1 fully saturated rings. The molecule has 2 unspecified atom stereocenters. The van der Waals surface area contributed by atoms with Crippen LogP contribution in [0.1, 0.15) is 31.2 Å². The van der Waals surface area contributed by atoms with Crippen LogP contribution in [0.15, 0.2) is 18.2 Å². The topological polar surface area (TPSA) is 49.4 Å². The minimum atomic E-state index is -4.34. The van der Waals surface area contributed by atoms with Gasteiger partial charge < -0.3 is 0 Å². The van der Waals surface area contributed by atoms with Gasteiger partial charge in [0.25, 0.3) is 10.2 Å². The summed E-state index contributed by atoms with van der Waals surface area (Å²) in [6, 6.07) is 3.18. The summed E-state index contributed by atoms with van der Waals surface area (Å²) < 4.78 is 80.1. The van der Waals surface area contributed by atoms with Crippen molar-refractivity contribution in [1.29, 1.82) is 0 Å². The number of nitrogens with zero attached hydrogens (tertiary/aromatic N) is 1. The average Bonchev–Trinajstić information content (AvgIpc) is 2.50. The second-order valence-electron chi connectivity index (χ2n) is 6.18. The van der Waals surface area contributed by atoms with E-state index in [-0.39, 0.29) is 30.0 Å². The van der Waals surface area contributed by atoms with Gasteiger partial charge >= 0.3 is 6.18 Å². The Bertz CT molecular complexity index is 692. The Balaban J connectivity index is 2.05. The molecule has 1 aliphatic rings. The lowest BCUT2D eigenvalue weighted by molar-refractivity contribution is -0.183. The molecule has 1 aromatic carbocycles. The Morgan fingerprint density at radius 3 is 2.60 bits per heavy atom. The molecule has 1 saturated carbocycles. The van der Waals surface area contributed by atoms with Crippen molar-refractivity contribution in [1.82, 2.24) is 9.03 Å². The van der Waals surface area contributed by atoms with Gasteiger partial charge in [-0.1, -0.05) is 24.1 Å². The van der Waals surface area contributed by atoms with E-state index in [1.807, 2.05) is 0 Å². The molecule has 1 N–H and O–H groups in total. The van der Waals surface area contributed by atoms with E-state index in [0.29, 0.717) is 12.8 Å². The van der Waals surface area contributed by atoms with E-state index in [2.05, 4.69) is 4.72 Å². The van der Waals surface area contributed by atoms with Crippen LogP contribution in [0, 0.1) is 11.7 Å². The molecule has 1 aliphatic carbocycles. The number of benzene rings is 1. The summed E-state index contributed by atoms with van der Waals surface area (Å²) >= 11 is 5.88. The first kappa shape index (κ1) is 20.4. The van der Waals surface area contributed by atoms with E-state index in [9.17, 15) is 26.0 Å². The molecular weight excluding hydrogens is 384 g/mol. The van der Waals surface area contributed by atoms with E-state index in [4.69, 9.17) is 11.6 Å². The largest absolute Gasteiger partial charge is 0.391 e. The van der Waals surface area contributed by atoms with Crippen molar-refractivity contribution in [2.24, 2.45) is 5.92 Å². The lowest BCUT2D eigenvalue weighted by atomic mass is 9.86. The highest BCUT2D eigenvalue weighted by atomic mass is 35.5. The molecule has 1 aromatic rings. The molecular formula is C15H19ClF4N2O2S. The zero-order chi connectivity index (χ0) is 18.8. The number of halogens is 5. The van der Waals surface area contributed by atoms with Crippen LogP contribution in [0.4, 0.5) is 17.6 Å². The van der Waals surface area contributed by atoms with Crippen LogP contribution in [-0.2, 0) is 16.8 Å². The van der Waals surface area contributed by atoms with E-state index >= 15 is 0 Å². The molecule has 0 amide bonds. The Morgan fingerprint density at radius 1 is 1.32 bits per heavy atom. The molecule has 0 radical (unpaired) electrons. The second-order valence-corrected chi connectivity index (χ2v) is 8.40. The summed E-state index contributed by atoms with van der Waals surface area (Å²) in [5.41, 5.74) is 0.00820. The molecule has 2 atom stereocenters. The van der Waals surface area contributed by atoms with Gasteiger partial charge in [0.05, 0.1) is 5.92 Å². The van der Waals surface area contributed by atoms with Gasteiger partial charge in [0.15, 0.2) is 0 Å². The van der Waals surface area contributed by atoms with Crippen molar-refractivity contribution in [3.8, 4) is 0 Å². The minimum absolute atomic E-state index is 0.00238. The first-order valence-corrected chi connectivity index (χ1v) is 9.55. The van der Waals surface area contributed by atoms with Crippen LogP contribution in [0.5, 0.6) is 0 Å². The van der Waals surface area contributed by atoms with Crippen molar-refractivity contribution in [3.63, 3.8) is 0 Å². The average molecular weight is 403 g/mol. The van der Waals surface area contributed by atoms with Crippen LogP contribution in [0.2, 0.25) is 5.02 Å². The van der Waals surface area contributed by atoms with Crippen molar-refractivity contribution < 1.29 is 26.0 Å². The first-order chi connectivity index (χ1) is 11.5. The monoisotopic (exact) mass is 402 g/mol. The summed E-state index contributed by atoms with van der Waals surface area (Å²) in [6.45, 7) is -0.323. The van der Waals surface area contributed by atoms with E-state index < -0.39 is 34.2 Å². The number of hydrogen-bond donors (Lipinski definition) is 1. The lowest BCUT2D eigenvalue weighted by Crippen LogP contribution is -2.46. The molecule has 0 spiro atoms. The third kappa shape index (κ3) is 5.29. The Morgan fingerprint density at radius 2 is 2.00 bits per heavy atom. The van der Waals surface area contributed by atoms with Crippen LogP contribution in [-0.4, -0.2) is 32.0 Å². The molecule has 2 rings (SSSR count). The third-order valence-electron chi connectivity index (χ3n) is 4.31. The molecule has 0 bridgehead atoms. The van der Waals surface area contributed by atoms with Gasteiger partial charge in [0.1, 0.15) is 5.82 Å². The number of nitrogens with one attached hydrogen (secondary N) is 1. The molecule has 25 heavy (non-hydrogen) atoms. The highest BCUT2D eigenvalue weighted by Gasteiger charge is 2.43. The molecule has 0 heterocycles. The highest BCUT2D eigenvalue weighted by Crippen LogP contribution is 2.37. The SMILES string of the molecule is CN(Cc1c(F)cccc1Cl)S(=O)(=O)NC1CCCC(C(F)(F)F)C1. The quantitative estimate of drug-likeness (QED) is 0.760. The van der Waals surface area contributed by atoms with Crippen molar-refractivity contribution in [2.75, 3.05) is 7.05 Å². The molecule has 0 aromatic heterocycles. The van der Waals surface area contributed by atoms with E-state index in [0.717, 1.165) is 10.4 Å². The fourth-order valence-corrected chi connectivity index (χ4v) is 4.22. The molecule has 4 nitrogen and oxygen atoms in total. The fraction of sp³-hybridized carbons (Fsp3) is 0.600. The predicted octanol–water partition coefficient (Wildman–Crippen LogP) is 3.87. The standard InChI is InChI=1S/C15H19ClF4N2O2S/c1-22(9-12-13(16)6-3-7-14(12)17)25(23,24)21-11-5-2-4-10(8-11)15(18,19)20/h3,6-7,10-11,21H,2,4-5,8-9H2,1H3. The normalized spacial score (nSPS) is 22.4. The smallest absolute Gasteiger partial charge is 0.207 e. The number of alkyl halides is 3. The van der Waals surface area contributed by atoms with Gasteiger partial charge in [-0.3, -0.25) is 0 Å². The zero-order valence-corrected chi connectivity index (χ0v) is 15.1. The molecule has 10 heteroatoms. The maximum absolute atomic E-state index is 13.8. The molecule has 0 aliphatic heterocycles. The predicted molar refractivity (Wildman–Crippen MR) is 86.7 cm³/mol. The van der Waals surface area contributed by atoms with Gasteiger partial charge in [-0.25, -0.2) is 4.39 Å². The fourth-order valence-electron chi connectivity index (χ4n) is 2.89. The Hall–Kier alpha value is -0.900. The van der Waals surface area contributed by atoms with E-state index in [1.165, 1.54) is 19.2 Å². The third-order valence-corrected chi connectivity index (χ3v) is 6.24. The van der Waals surface area contributed by atoms with Crippen molar-refractivity contribution in [3.05, 3.63) is 34.6 Å². The van der Waals surface area contributed by atoms with Crippen LogP contribution < -0.4 is 4.72 Å². The summed E-state index contributed by atoms with van der Waals surface area (Å²) in [5, 5.41) is 0.0804. The number of hydrogen-bond acceptors (Lipinski definition) is 2. The maximum atomic E-state index is 13.8. The maximum Gasteiger partial charge on any atom is 0.391 e. The minimum Gasteiger partial charge on any atom is -0.207 e. The van der Waals surface area contributed by atoms with Crippen molar-refractivity contribution >= 4 is 21.8 Å². The second kappa shape index (κ2) is 7.77. The van der Waals surface area contributed by atoms with Gasteiger partial charge in [0.2, 0.25) is 0 Å². The van der Waals surface area contributed by atoms with Gasteiger partial charge in [-0.15, -0.1) is 0 Å². The van der Waals surface area contributed by atoms with Crippen LogP contribution in [0.3, 0.4) is 0 Å². The molecule has 0 saturated heterocycles. The highest BCUT2D eigenvalue weighted by molar-refractivity contribution is 7.87. The zero-order valence-electron chi connectivity index (χ0n) is 13.5. The summed E-state index contributed by atoms with van der Waals surface area (Å²) in [7, 11) is -2.85. The molecule has 142 valence electrons. The van der Waals surface area contributed by atoms with Crippen LogP contribution in [0.25, 0.3) is 0 Å². The van der Waals surface area contributed by atoms with Crippen LogP contribution >= 0.6 is 11.6 Å². The lowest BCUT2D eigenvalue weighted by Gasteiger charge is -2.32. The first-order valence-electron chi connectivity index (χ1n) is 7.74.